The normalized spacial score (nSPS) is 10.1. The molecule has 2 nitrogen and oxygen atoms in total. The van der Waals surface area contributed by atoms with Gasteiger partial charge in [0.05, 0.1) is 0 Å². The van der Waals surface area contributed by atoms with E-state index in [-0.39, 0.29) is 5.91 Å². The molecule has 2 heteroatoms. The van der Waals surface area contributed by atoms with Crippen LogP contribution in [0, 0.1) is 0 Å². The van der Waals surface area contributed by atoms with Crippen LogP contribution in [0.15, 0.2) is 30.3 Å². The average molecular weight is 219 g/mol. The van der Waals surface area contributed by atoms with Gasteiger partial charge in [-0.2, -0.15) is 0 Å². The number of nitrogens with zero attached hydrogens (tertiary/aromatic N) is 1. The number of rotatable bonds is 6. The van der Waals surface area contributed by atoms with Crippen LogP contribution >= 0.6 is 0 Å². The second-order valence-corrected chi connectivity index (χ2v) is 4.15. The maximum absolute atomic E-state index is 11.5. The first-order valence-electron chi connectivity index (χ1n) is 6.02. The van der Waals surface area contributed by atoms with E-state index in [4.69, 9.17) is 0 Å². The molecular weight excluding hydrogens is 198 g/mol. The highest BCUT2D eigenvalue weighted by molar-refractivity contribution is 5.75. The van der Waals surface area contributed by atoms with Crippen LogP contribution in [0.25, 0.3) is 0 Å². The fourth-order valence-corrected chi connectivity index (χ4v) is 1.69. The molecular formula is C14H21NO. The van der Waals surface area contributed by atoms with Crippen LogP contribution in [0.5, 0.6) is 0 Å². The van der Waals surface area contributed by atoms with Crippen molar-refractivity contribution in [3.8, 4) is 0 Å². The quantitative estimate of drug-likeness (QED) is 0.720. The maximum atomic E-state index is 11.5. The lowest BCUT2D eigenvalue weighted by Gasteiger charge is -2.16. The Morgan fingerprint density at radius 2 is 1.94 bits per heavy atom. The topological polar surface area (TPSA) is 20.3 Å². The Bertz CT molecular complexity index is 308. The van der Waals surface area contributed by atoms with Gasteiger partial charge < -0.3 is 4.90 Å². The maximum Gasteiger partial charge on any atom is 0.222 e. The first-order chi connectivity index (χ1) is 7.74. The van der Waals surface area contributed by atoms with Crippen molar-refractivity contribution >= 4 is 5.91 Å². The van der Waals surface area contributed by atoms with Crippen LogP contribution in [0.1, 0.15) is 31.7 Å². The molecule has 1 amide bonds. The van der Waals surface area contributed by atoms with E-state index in [1.807, 2.05) is 24.9 Å². The number of carbonyl (C=O) groups excluding carboxylic acids is 1. The second kappa shape index (κ2) is 7.04. The molecule has 1 aromatic rings. The number of aryl methyl sites for hydroxylation is 1. The van der Waals surface area contributed by atoms with Crippen LogP contribution in [0.4, 0.5) is 0 Å². The van der Waals surface area contributed by atoms with E-state index < -0.39 is 0 Å². The lowest BCUT2D eigenvalue weighted by Crippen LogP contribution is -2.27. The van der Waals surface area contributed by atoms with Gasteiger partial charge in [0.2, 0.25) is 5.91 Å². The Labute approximate surface area is 98.3 Å². The van der Waals surface area contributed by atoms with Gasteiger partial charge in [0.25, 0.3) is 0 Å². The zero-order valence-corrected chi connectivity index (χ0v) is 10.3. The van der Waals surface area contributed by atoms with Gasteiger partial charge >= 0.3 is 0 Å². The molecule has 0 aromatic heterocycles. The summed E-state index contributed by atoms with van der Waals surface area (Å²) in [6.07, 6.45) is 3.68. The molecule has 0 aliphatic carbocycles. The van der Waals surface area contributed by atoms with Crippen molar-refractivity contribution < 1.29 is 4.79 Å². The van der Waals surface area contributed by atoms with Crippen molar-refractivity contribution in [3.63, 3.8) is 0 Å². The molecule has 0 radical (unpaired) electrons. The number of hydrogen-bond donors (Lipinski definition) is 0. The van der Waals surface area contributed by atoms with Gasteiger partial charge in [-0.05, 0) is 24.8 Å². The molecule has 0 bridgehead atoms. The van der Waals surface area contributed by atoms with E-state index >= 15 is 0 Å². The summed E-state index contributed by atoms with van der Waals surface area (Å²) in [6.45, 7) is 2.89. The fourth-order valence-electron chi connectivity index (χ4n) is 1.69. The zero-order valence-electron chi connectivity index (χ0n) is 10.3. The van der Waals surface area contributed by atoms with Crippen molar-refractivity contribution in [1.82, 2.24) is 4.90 Å². The summed E-state index contributed by atoms with van der Waals surface area (Å²) in [5.41, 5.74) is 1.35. The highest BCUT2D eigenvalue weighted by Gasteiger charge is 2.06. The minimum absolute atomic E-state index is 0.260. The smallest absolute Gasteiger partial charge is 0.222 e. The first-order valence-corrected chi connectivity index (χ1v) is 6.02. The van der Waals surface area contributed by atoms with Crippen LogP contribution in [-0.2, 0) is 11.2 Å². The third kappa shape index (κ3) is 4.47. The lowest BCUT2D eigenvalue weighted by molar-refractivity contribution is -0.129. The summed E-state index contributed by atoms with van der Waals surface area (Å²) in [4.78, 5) is 13.4. The third-order valence-electron chi connectivity index (χ3n) is 2.69. The van der Waals surface area contributed by atoms with Crippen LogP contribution < -0.4 is 0 Å². The van der Waals surface area contributed by atoms with Crippen molar-refractivity contribution in [2.24, 2.45) is 0 Å². The van der Waals surface area contributed by atoms with E-state index in [9.17, 15) is 4.79 Å². The molecule has 0 saturated heterocycles. The third-order valence-corrected chi connectivity index (χ3v) is 2.69. The van der Waals surface area contributed by atoms with E-state index in [2.05, 4.69) is 24.3 Å². The standard InChI is InChI=1S/C14H21NO/c1-3-8-14(16)15(2)12-7-11-13-9-5-4-6-10-13/h4-6,9-10H,3,7-8,11-12H2,1-2H3. The van der Waals surface area contributed by atoms with E-state index in [0.29, 0.717) is 6.42 Å². The van der Waals surface area contributed by atoms with Crippen LogP contribution in [-0.4, -0.2) is 24.4 Å². The molecule has 0 spiro atoms. The molecule has 0 aliphatic heterocycles. The van der Waals surface area contributed by atoms with Gasteiger partial charge in [0.15, 0.2) is 0 Å². The molecule has 0 aliphatic rings. The Balaban J connectivity index is 2.23. The minimum atomic E-state index is 0.260. The summed E-state index contributed by atoms with van der Waals surface area (Å²) in [5, 5.41) is 0. The summed E-state index contributed by atoms with van der Waals surface area (Å²) >= 11 is 0. The van der Waals surface area contributed by atoms with Gasteiger partial charge in [-0.3, -0.25) is 4.79 Å². The van der Waals surface area contributed by atoms with Crippen molar-refractivity contribution in [3.05, 3.63) is 35.9 Å². The SMILES string of the molecule is CCCC(=O)N(C)CCCc1ccccc1. The van der Waals surface area contributed by atoms with E-state index in [0.717, 1.165) is 25.8 Å². The molecule has 0 atom stereocenters. The molecule has 0 heterocycles. The molecule has 1 aromatic carbocycles. The number of hydrogen-bond acceptors (Lipinski definition) is 1. The molecule has 0 saturated carbocycles. The lowest BCUT2D eigenvalue weighted by atomic mass is 10.1. The number of amides is 1. The summed E-state index contributed by atoms with van der Waals surface area (Å²) in [6, 6.07) is 10.4. The van der Waals surface area contributed by atoms with Gasteiger partial charge in [-0.15, -0.1) is 0 Å². The van der Waals surface area contributed by atoms with Gasteiger partial charge in [-0.25, -0.2) is 0 Å². The first kappa shape index (κ1) is 12.8. The monoisotopic (exact) mass is 219 g/mol. The van der Waals surface area contributed by atoms with Crippen molar-refractivity contribution in [2.45, 2.75) is 32.6 Å². The number of carbonyl (C=O) groups is 1. The molecule has 88 valence electrons. The van der Waals surface area contributed by atoms with Crippen molar-refractivity contribution in [2.75, 3.05) is 13.6 Å². The van der Waals surface area contributed by atoms with Crippen molar-refractivity contribution in [1.29, 1.82) is 0 Å². The largest absolute Gasteiger partial charge is 0.346 e. The van der Waals surface area contributed by atoms with Crippen LogP contribution in [0.2, 0.25) is 0 Å². The predicted molar refractivity (Wildman–Crippen MR) is 67.3 cm³/mol. The minimum Gasteiger partial charge on any atom is -0.346 e. The highest BCUT2D eigenvalue weighted by Crippen LogP contribution is 2.04. The molecule has 0 unspecified atom stereocenters. The Kier molecular flexibility index (Phi) is 5.62. The van der Waals surface area contributed by atoms with Crippen LogP contribution in [0.3, 0.4) is 0 Å². The van der Waals surface area contributed by atoms with E-state index in [1.54, 1.807) is 0 Å². The predicted octanol–water partition coefficient (Wildman–Crippen LogP) is 2.88. The van der Waals surface area contributed by atoms with Gasteiger partial charge in [0, 0.05) is 20.0 Å². The molecule has 16 heavy (non-hydrogen) atoms. The van der Waals surface area contributed by atoms with Gasteiger partial charge in [-0.1, -0.05) is 37.3 Å². The summed E-state index contributed by atoms with van der Waals surface area (Å²) < 4.78 is 0. The number of benzene rings is 1. The summed E-state index contributed by atoms with van der Waals surface area (Å²) in [5.74, 6) is 0.260. The van der Waals surface area contributed by atoms with E-state index in [1.165, 1.54) is 5.56 Å². The Morgan fingerprint density at radius 3 is 2.56 bits per heavy atom. The second-order valence-electron chi connectivity index (χ2n) is 4.15. The Hall–Kier alpha value is -1.31. The van der Waals surface area contributed by atoms with Gasteiger partial charge in [0.1, 0.15) is 0 Å². The Morgan fingerprint density at radius 1 is 1.25 bits per heavy atom. The zero-order chi connectivity index (χ0) is 11.8. The molecule has 0 fully saturated rings. The highest BCUT2D eigenvalue weighted by atomic mass is 16.2. The fraction of sp³-hybridized carbons (Fsp3) is 0.500. The molecule has 0 N–H and O–H groups in total. The summed E-state index contributed by atoms with van der Waals surface area (Å²) in [7, 11) is 1.89. The average Bonchev–Trinajstić information content (AvgIpc) is 2.30. The molecule has 1 rings (SSSR count).